The fraction of sp³-hybridized carbons (Fsp3) is 0.750. The number of carboxylic acid groups (broad SMARTS) is 7. The monoisotopic (exact) mass is 908 g/mol. The van der Waals surface area contributed by atoms with Crippen molar-refractivity contribution in [1.82, 2.24) is 0 Å². The number of aliphatic carboxylic acids is 7. The van der Waals surface area contributed by atoms with Crippen molar-refractivity contribution in [2.75, 3.05) is 0 Å². The Balaban J connectivity index is -0.0000000684. The van der Waals surface area contributed by atoms with E-state index in [1.165, 1.54) is 0 Å². The standard InChI is InChI=1S/7C4H8O3.Re/c7*1-4(2,7)3(5)6;/h7*7H,1-2H3,(H,5,6);/q;;;;;;;+7/p-7. The summed E-state index contributed by atoms with van der Waals surface area (Å²) in [6, 6.07) is 0. The average Bonchev–Trinajstić information content (AvgIpc) is 2.77. The second-order valence-electron chi connectivity index (χ2n) is 12.9. The number of aliphatic hydroxyl groups is 7. The molecule has 50 heavy (non-hydrogen) atoms. The van der Waals surface area contributed by atoms with Gasteiger partial charge in [0.25, 0.3) is 0 Å². The molecule has 0 saturated heterocycles. The Labute approximate surface area is 303 Å². The normalized spacial score (nSPS) is 11.1. The predicted molar refractivity (Wildman–Crippen MR) is 149 cm³/mol. The number of hydrogen-bond donors (Lipinski definition) is 7. The summed E-state index contributed by atoms with van der Waals surface area (Å²) in [6.07, 6.45) is 0. The molecule has 0 radical (unpaired) electrons. The summed E-state index contributed by atoms with van der Waals surface area (Å²) in [6.45, 7) is 16.2. The zero-order chi connectivity index (χ0) is 42.5. The number of carbonyl (C=O) groups is 7. The first kappa shape index (κ1) is 65.1. The Kier molecular flexibility index (Phi) is 33.3. The maximum Gasteiger partial charge on any atom is 7.00 e. The molecule has 0 rings (SSSR count). The number of carboxylic acids is 7. The topological polar surface area (TPSA) is 423 Å². The van der Waals surface area contributed by atoms with Gasteiger partial charge in [-0.1, -0.05) is 0 Å². The van der Waals surface area contributed by atoms with Crippen molar-refractivity contribution in [2.24, 2.45) is 0 Å². The summed E-state index contributed by atoms with van der Waals surface area (Å²) in [5.41, 5.74) is -11.9. The molecule has 0 aromatic heterocycles. The molecule has 0 unspecified atom stereocenters. The van der Waals surface area contributed by atoms with Crippen molar-refractivity contribution in [3.63, 3.8) is 0 Å². The fourth-order valence-corrected chi connectivity index (χ4v) is 0. The number of hydrogen-bond acceptors (Lipinski definition) is 21. The van der Waals surface area contributed by atoms with Crippen LogP contribution < -0.4 is 35.7 Å². The van der Waals surface area contributed by atoms with Gasteiger partial charge in [-0.2, -0.15) is 0 Å². The second-order valence-corrected chi connectivity index (χ2v) is 12.9. The number of carbonyl (C=O) groups excluding carboxylic acids is 7. The molecule has 0 atom stereocenters. The molecule has 0 aromatic carbocycles. The van der Waals surface area contributed by atoms with Gasteiger partial charge in [-0.15, -0.1) is 0 Å². The average molecular weight is 908 g/mol. The molecule has 7 N–H and O–H groups in total. The van der Waals surface area contributed by atoms with Crippen LogP contribution in [0.25, 0.3) is 0 Å². The molecule has 0 aliphatic rings. The van der Waals surface area contributed by atoms with Crippen molar-refractivity contribution in [2.45, 2.75) is 136 Å². The maximum absolute atomic E-state index is 9.66. The van der Waals surface area contributed by atoms with E-state index in [-0.39, 0.29) is 20.4 Å². The van der Waals surface area contributed by atoms with Gasteiger partial charge in [0.15, 0.2) is 0 Å². The van der Waals surface area contributed by atoms with Crippen LogP contribution in [0.4, 0.5) is 0 Å². The third-order valence-electron chi connectivity index (χ3n) is 3.50. The van der Waals surface area contributed by atoms with Crippen LogP contribution >= 0.6 is 0 Å². The summed E-state index contributed by atoms with van der Waals surface area (Å²) in [4.78, 5) is 67.6. The quantitative estimate of drug-likeness (QED) is 0.125. The first-order valence-electron chi connectivity index (χ1n) is 13.2. The second kappa shape index (κ2) is 25.6. The summed E-state index contributed by atoms with van der Waals surface area (Å²) in [7, 11) is 0. The van der Waals surface area contributed by atoms with Gasteiger partial charge in [0.05, 0.1) is 81.0 Å². The van der Waals surface area contributed by atoms with Crippen LogP contribution in [0, 0.1) is 0 Å². The molecule has 0 aliphatic carbocycles. The smallest absolute Gasteiger partial charge is 0.547 e. The van der Waals surface area contributed by atoms with Crippen LogP contribution in [0.2, 0.25) is 0 Å². The molecule has 0 heterocycles. The molecule has 22 heteroatoms. The SMILES string of the molecule is CC(C)(O)C(=O)[O-].CC(C)(O)C(=O)[O-].CC(C)(O)C(=O)[O-].CC(C)(O)C(=O)[O-].CC(C)(O)C(=O)[O-].CC(C)(O)C(=O)[O-].CC(C)(O)C(=O)[O-].[Re+7]. The molecule has 0 aliphatic heterocycles. The molecule has 0 spiro atoms. The van der Waals surface area contributed by atoms with Crippen LogP contribution in [-0.4, -0.2) is 117 Å². The third-order valence-corrected chi connectivity index (χ3v) is 3.50. The summed E-state index contributed by atoms with van der Waals surface area (Å²) in [5, 5.41) is 127. The van der Waals surface area contributed by atoms with Gasteiger partial charge in [0.2, 0.25) is 0 Å². The minimum atomic E-state index is -1.69. The molecule has 21 nitrogen and oxygen atoms in total. The van der Waals surface area contributed by atoms with Crippen molar-refractivity contribution < 1.29 is 125 Å². The first-order valence-corrected chi connectivity index (χ1v) is 13.2. The molecule has 294 valence electrons. The van der Waals surface area contributed by atoms with E-state index in [1.807, 2.05) is 0 Å². The molecule has 0 saturated carbocycles. The van der Waals surface area contributed by atoms with E-state index in [2.05, 4.69) is 0 Å². The van der Waals surface area contributed by atoms with E-state index >= 15 is 0 Å². The van der Waals surface area contributed by atoms with Crippen LogP contribution in [0.1, 0.15) is 96.9 Å². The van der Waals surface area contributed by atoms with Crippen LogP contribution in [0.3, 0.4) is 0 Å². The molecular weight excluding hydrogens is 858 g/mol. The minimum absolute atomic E-state index is 0. The van der Waals surface area contributed by atoms with E-state index in [4.69, 9.17) is 35.7 Å². The fourth-order valence-electron chi connectivity index (χ4n) is 0. The van der Waals surface area contributed by atoms with Gasteiger partial charge in [-0.25, -0.2) is 0 Å². The van der Waals surface area contributed by atoms with Crippen molar-refractivity contribution in [3.8, 4) is 0 Å². The predicted octanol–water partition coefficient (Wildman–Crippen LogP) is -10.5. The van der Waals surface area contributed by atoms with E-state index in [9.17, 15) is 69.3 Å². The molecule has 0 fully saturated rings. The Morgan fingerprint density at radius 2 is 0.280 bits per heavy atom. The molecule has 0 aromatic rings. The largest absolute Gasteiger partial charge is 7.00 e. The Bertz CT molecular complexity index is 799. The summed E-state index contributed by atoms with van der Waals surface area (Å²) >= 11 is 0. The van der Waals surface area contributed by atoms with Crippen LogP contribution in [0.5, 0.6) is 0 Å². The van der Waals surface area contributed by atoms with Gasteiger partial charge in [0, 0.05) is 0 Å². The third kappa shape index (κ3) is 57.0. The summed E-state index contributed by atoms with van der Waals surface area (Å²) in [5.74, 6) is -10.2. The van der Waals surface area contributed by atoms with Crippen LogP contribution in [-0.2, 0) is 54.0 Å². The van der Waals surface area contributed by atoms with Gasteiger partial charge < -0.3 is 105 Å². The van der Waals surface area contributed by atoms with Crippen molar-refractivity contribution in [1.29, 1.82) is 0 Å². The molecule has 0 bridgehead atoms. The minimum Gasteiger partial charge on any atom is -0.547 e. The van der Waals surface area contributed by atoms with Crippen molar-refractivity contribution in [3.05, 3.63) is 0 Å². The zero-order valence-electron chi connectivity index (χ0n) is 30.2. The Morgan fingerprint density at radius 3 is 0.280 bits per heavy atom. The van der Waals surface area contributed by atoms with E-state index in [0.717, 1.165) is 96.9 Å². The number of rotatable bonds is 7. The Hall–Kier alpha value is -3.33. The first-order chi connectivity index (χ1) is 20.6. The van der Waals surface area contributed by atoms with Gasteiger partial charge in [0.1, 0.15) is 0 Å². The van der Waals surface area contributed by atoms with Gasteiger partial charge in [-0.3, -0.25) is 0 Å². The van der Waals surface area contributed by atoms with Gasteiger partial charge >= 0.3 is 20.4 Å². The van der Waals surface area contributed by atoms with Crippen LogP contribution in [0.15, 0.2) is 0 Å². The Morgan fingerprint density at radius 1 is 0.260 bits per heavy atom. The molecule has 0 amide bonds. The van der Waals surface area contributed by atoms with E-state index in [0.29, 0.717) is 0 Å². The van der Waals surface area contributed by atoms with Crippen molar-refractivity contribution >= 4 is 41.8 Å². The molecular formula is C28H49O21Re. The zero-order valence-corrected chi connectivity index (χ0v) is 32.9. The summed E-state index contributed by atoms with van der Waals surface area (Å²) < 4.78 is 0. The van der Waals surface area contributed by atoms with Gasteiger partial charge in [-0.05, 0) is 96.9 Å². The van der Waals surface area contributed by atoms with E-state index < -0.39 is 81.0 Å². The van der Waals surface area contributed by atoms with E-state index in [1.54, 1.807) is 0 Å². The maximum atomic E-state index is 9.66.